The number of phenolic OH excluding ortho intramolecular Hbond substituents is 1. The number of aromatic hydroxyl groups is 2. The lowest BCUT2D eigenvalue weighted by atomic mass is 10.2. The summed E-state index contributed by atoms with van der Waals surface area (Å²) in [5.74, 6) is -2.34. The average Bonchev–Trinajstić information content (AvgIpc) is 2.99. The molecule has 0 saturated carbocycles. The van der Waals surface area contributed by atoms with Crippen LogP contribution in [0, 0.1) is 0 Å². The summed E-state index contributed by atoms with van der Waals surface area (Å²) in [7, 11) is -9.21. The van der Waals surface area contributed by atoms with Crippen LogP contribution in [0.5, 0.6) is 17.2 Å². The van der Waals surface area contributed by atoms with E-state index in [1.54, 1.807) is 22.9 Å². The molecule has 0 radical (unpaired) electrons. The Balaban J connectivity index is 1.79. The number of hydrogen-bond acceptors (Lipinski definition) is 7. The molecule has 0 spiro atoms. The van der Waals surface area contributed by atoms with Crippen LogP contribution >= 0.6 is 18.9 Å². The van der Waals surface area contributed by atoms with Gasteiger partial charge in [-0.25, -0.2) is 13.0 Å². The molecule has 0 aliphatic rings. The first-order valence-electron chi connectivity index (χ1n) is 7.92. The number of halogens is 3. The van der Waals surface area contributed by atoms with Crippen molar-refractivity contribution in [1.29, 1.82) is 0 Å². The van der Waals surface area contributed by atoms with Crippen molar-refractivity contribution < 1.29 is 45.8 Å². The zero-order valence-corrected chi connectivity index (χ0v) is 17.1. The molecule has 0 saturated heterocycles. The smallest absolute Gasteiger partial charge is 0.420 e. The molecule has 3 aromatic rings. The Kier molecular flexibility index (Phi) is 5.78. The van der Waals surface area contributed by atoms with Crippen molar-refractivity contribution in [2.45, 2.75) is 10.4 Å². The largest absolute Gasteiger partial charge is 0.507 e. The predicted molar refractivity (Wildman–Crippen MR) is 102 cm³/mol. The Morgan fingerprint density at radius 1 is 1.13 bits per heavy atom. The maximum atomic E-state index is 12.8. The Bertz CT molecular complexity index is 1260. The standard InChI is InChI=1S/C16H13F3NO7PS2/c17-16(18,19)11-7-9(5-6-12(11)21)27-28(23,24)8-20-30(25,26)15-14(22)10-3-1-2-4-13(10)29-15/h1-7,20-22H,8H2,(H,23,24). The second-order valence-electron chi connectivity index (χ2n) is 5.95. The maximum Gasteiger partial charge on any atom is 0.420 e. The lowest BCUT2D eigenvalue weighted by Gasteiger charge is -2.16. The lowest BCUT2D eigenvalue weighted by molar-refractivity contribution is -0.138. The quantitative estimate of drug-likeness (QED) is 0.392. The van der Waals surface area contributed by atoms with Crippen LogP contribution in [0.4, 0.5) is 13.2 Å². The van der Waals surface area contributed by atoms with Gasteiger partial charge in [-0.1, -0.05) is 12.1 Å². The monoisotopic (exact) mass is 483 g/mol. The second kappa shape index (κ2) is 7.75. The first-order chi connectivity index (χ1) is 13.8. The topological polar surface area (TPSA) is 133 Å². The molecule has 1 atom stereocenters. The molecule has 0 aliphatic carbocycles. The van der Waals surface area contributed by atoms with Gasteiger partial charge in [-0.15, -0.1) is 11.3 Å². The van der Waals surface area contributed by atoms with E-state index >= 15 is 0 Å². The van der Waals surface area contributed by atoms with Gasteiger partial charge in [-0.3, -0.25) is 0 Å². The SMILES string of the molecule is O=P(O)(CNS(=O)(=O)c1sc2ccccc2c1O)Oc1ccc(O)c(C(F)(F)F)c1. The Morgan fingerprint density at radius 2 is 1.80 bits per heavy atom. The van der Waals surface area contributed by atoms with E-state index < -0.39 is 57.1 Å². The number of alkyl halides is 3. The zero-order chi connectivity index (χ0) is 22.3. The Labute approximate surface area is 171 Å². The molecule has 162 valence electrons. The van der Waals surface area contributed by atoms with Crippen LogP contribution in [-0.4, -0.2) is 29.8 Å². The number of fused-ring (bicyclic) bond motifs is 1. The van der Waals surface area contributed by atoms with Gasteiger partial charge in [0.15, 0.2) is 9.96 Å². The van der Waals surface area contributed by atoms with Crippen molar-refractivity contribution in [3.8, 4) is 17.2 Å². The van der Waals surface area contributed by atoms with Crippen LogP contribution in [0.1, 0.15) is 5.56 Å². The number of benzene rings is 2. The molecule has 1 unspecified atom stereocenters. The van der Waals surface area contributed by atoms with E-state index in [2.05, 4.69) is 4.52 Å². The van der Waals surface area contributed by atoms with Gasteiger partial charge in [-0.2, -0.15) is 17.9 Å². The van der Waals surface area contributed by atoms with Crippen molar-refractivity contribution in [3.05, 3.63) is 48.0 Å². The number of hydrogen-bond donors (Lipinski definition) is 4. The minimum Gasteiger partial charge on any atom is -0.507 e. The van der Waals surface area contributed by atoms with Gasteiger partial charge in [-0.05, 0) is 30.3 Å². The van der Waals surface area contributed by atoms with Crippen LogP contribution in [0.15, 0.2) is 46.7 Å². The Morgan fingerprint density at radius 3 is 2.43 bits per heavy atom. The summed E-state index contributed by atoms with van der Waals surface area (Å²) >= 11 is 0.726. The first kappa shape index (κ1) is 22.4. The van der Waals surface area contributed by atoms with Crippen molar-refractivity contribution >= 4 is 39.0 Å². The molecule has 0 fully saturated rings. The Hall–Kier alpha value is -2.31. The van der Waals surface area contributed by atoms with Crippen LogP contribution < -0.4 is 9.25 Å². The molecular weight excluding hydrogens is 470 g/mol. The number of sulfonamides is 1. The predicted octanol–water partition coefficient (Wildman–Crippen LogP) is 3.83. The van der Waals surface area contributed by atoms with Gasteiger partial charge in [0.25, 0.3) is 10.0 Å². The van der Waals surface area contributed by atoms with E-state index in [9.17, 15) is 41.3 Å². The van der Waals surface area contributed by atoms with E-state index in [1.165, 1.54) is 6.07 Å². The van der Waals surface area contributed by atoms with E-state index in [0.29, 0.717) is 16.8 Å². The highest BCUT2D eigenvalue weighted by atomic mass is 32.2. The number of rotatable bonds is 6. The van der Waals surface area contributed by atoms with E-state index in [1.807, 2.05) is 0 Å². The fraction of sp³-hybridized carbons (Fsp3) is 0.125. The summed E-state index contributed by atoms with van der Waals surface area (Å²) in [5.41, 5.74) is -1.49. The van der Waals surface area contributed by atoms with Crippen LogP contribution in [0.3, 0.4) is 0 Å². The summed E-state index contributed by atoms with van der Waals surface area (Å²) in [4.78, 5) is 9.85. The molecule has 3 rings (SSSR count). The first-order valence-corrected chi connectivity index (χ1v) is 12.0. The molecular formula is C16H13F3NO7PS2. The van der Waals surface area contributed by atoms with Crippen molar-refractivity contribution in [3.63, 3.8) is 0 Å². The average molecular weight is 483 g/mol. The molecule has 1 aromatic heterocycles. The van der Waals surface area contributed by atoms with E-state index in [-0.39, 0.29) is 5.39 Å². The fourth-order valence-electron chi connectivity index (χ4n) is 2.42. The second-order valence-corrected chi connectivity index (χ2v) is 10.7. The highest BCUT2D eigenvalue weighted by molar-refractivity contribution is 7.92. The third-order valence-corrected chi connectivity index (χ3v) is 8.09. The maximum absolute atomic E-state index is 12.8. The molecule has 30 heavy (non-hydrogen) atoms. The zero-order valence-electron chi connectivity index (χ0n) is 14.6. The van der Waals surface area contributed by atoms with E-state index in [0.717, 1.165) is 17.4 Å². The van der Waals surface area contributed by atoms with Gasteiger partial charge in [0.05, 0.1) is 0 Å². The molecule has 8 nitrogen and oxygen atoms in total. The van der Waals surface area contributed by atoms with E-state index in [4.69, 9.17) is 0 Å². The van der Waals surface area contributed by atoms with Gasteiger partial charge in [0.2, 0.25) is 0 Å². The molecule has 0 amide bonds. The lowest BCUT2D eigenvalue weighted by Crippen LogP contribution is -2.25. The summed E-state index contributed by atoms with van der Waals surface area (Å²) in [5, 5.41) is 19.7. The van der Waals surface area contributed by atoms with Crippen LogP contribution in [0.25, 0.3) is 10.1 Å². The van der Waals surface area contributed by atoms with Crippen LogP contribution in [-0.2, 0) is 20.8 Å². The summed E-state index contributed by atoms with van der Waals surface area (Å²) in [6, 6.07) is 8.03. The van der Waals surface area contributed by atoms with Crippen molar-refractivity contribution in [1.82, 2.24) is 4.72 Å². The molecule has 0 bridgehead atoms. The third-order valence-electron chi connectivity index (χ3n) is 3.76. The van der Waals surface area contributed by atoms with Gasteiger partial charge >= 0.3 is 13.8 Å². The van der Waals surface area contributed by atoms with Gasteiger partial charge in [0, 0.05) is 10.1 Å². The van der Waals surface area contributed by atoms with Crippen molar-refractivity contribution in [2.75, 3.05) is 6.29 Å². The van der Waals surface area contributed by atoms with Gasteiger partial charge in [0.1, 0.15) is 23.3 Å². The summed E-state index contributed by atoms with van der Waals surface area (Å²) in [6.07, 6.45) is -6.12. The summed E-state index contributed by atoms with van der Waals surface area (Å²) < 4.78 is 81.9. The summed E-state index contributed by atoms with van der Waals surface area (Å²) in [6.45, 7) is 0. The number of thiophene rings is 1. The molecule has 1 heterocycles. The van der Waals surface area contributed by atoms with Crippen LogP contribution in [0.2, 0.25) is 0 Å². The van der Waals surface area contributed by atoms with Crippen molar-refractivity contribution in [2.24, 2.45) is 0 Å². The highest BCUT2D eigenvalue weighted by Gasteiger charge is 2.35. The minimum absolute atomic E-state index is 0.273. The fourth-order valence-corrected chi connectivity index (χ4v) is 6.47. The molecule has 14 heteroatoms. The minimum atomic E-state index is -4.94. The third kappa shape index (κ3) is 4.71. The number of nitrogens with one attached hydrogen (secondary N) is 1. The number of phenols is 1. The molecule has 4 N–H and O–H groups in total. The molecule has 2 aromatic carbocycles. The normalized spacial score (nSPS) is 14.5. The molecule has 0 aliphatic heterocycles. The highest BCUT2D eigenvalue weighted by Crippen LogP contribution is 2.45. The van der Waals surface area contributed by atoms with Gasteiger partial charge < -0.3 is 19.6 Å².